The molecule has 0 fully saturated rings. The normalized spacial score (nSPS) is 14.3. The molecule has 0 aliphatic heterocycles. The molecular formula is C14H16F3N3O2. The molecule has 0 aliphatic carbocycles. The van der Waals surface area contributed by atoms with E-state index >= 15 is 0 Å². The van der Waals surface area contributed by atoms with E-state index < -0.39 is 35.3 Å². The topological polar surface area (TPSA) is 74.9 Å². The van der Waals surface area contributed by atoms with E-state index in [2.05, 4.69) is 5.32 Å². The summed E-state index contributed by atoms with van der Waals surface area (Å²) in [6, 6.07) is 3.35. The molecule has 22 heavy (non-hydrogen) atoms. The third-order valence-corrected chi connectivity index (χ3v) is 3.41. The Bertz CT molecular complexity index is 659. The fraction of sp³-hybridized carbons (Fsp3) is 0.500. The van der Waals surface area contributed by atoms with E-state index in [9.17, 15) is 22.8 Å². The number of rotatable bonds is 4. The van der Waals surface area contributed by atoms with Crippen molar-refractivity contribution in [3.05, 3.63) is 34.2 Å². The van der Waals surface area contributed by atoms with E-state index in [4.69, 9.17) is 5.26 Å². The molecule has 1 rings (SSSR count). The Balaban J connectivity index is 2.99. The van der Waals surface area contributed by atoms with Crippen molar-refractivity contribution in [3.63, 3.8) is 0 Å². The standard InChI is InChI=1S/C14H16F3N3O2/c1-9(2)13(3,8-18)19-11(21)7-20-6-10(14(15,16)17)4-5-12(20)22/h4-6,9H,7H2,1-3H3,(H,19,21)/t13-/m1/s1. The summed E-state index contributed by atoms with van der Waals surface area (Å²) in [5.74, 6) is -0.918. The van der Waals surface area contributed by atoms with Crippen molar-refractivity contribution in [2.75, 3.05) is 0 Å². The fourth-order valence-electron chi connectivity index (χ4n) is 1.61. The van der Waals surface area contributed by atoms with Gasteiger partial charge in [-0.15, -0.1) is 0 Å². The smallest absolute Gasteiger partial charge is 0.336 e. The highest BCUT2D eigenvalue weighted by Gasteiger charge is 2.32. The van der Waals surface area contributed by atoms with Gasteiger partial charge < -0.3 is 9.88 Å². The average molecular weight is 315 g/mol. The number of nitriles is 1. The Hall–Kier alpha value is -2.30. The zero-order valence-electron chi connectivity index (χ0n) is 12.4. The van der Waals surface area contributed by atoms with Crippen LogP contribution < -0.4 is 10.9 Å². The largest absolute Gasteiger partial charge is 0.417 e. The summed E-state index contributed by atoms with van der Waals surface area (Å²) in [6.45, 7) is 4.36. The van der Waals surface area contributed by atoms with Gasteiger partial charge in [0.15, 0.2) is 0 Å². The highest BCUT2D eigenvalue weighted by molar-refractivity contribution is 5.77. The van der Waals surface area contributed by atoms with E-state index in [1.807, 2.05) is 6.07 Å². The van der Waals surface area contributed by atoms with Crippen LogP contribution in [0.2, 0.25) is 0 Å². The van der Waals surface area contributed by atoms with E-state index in [-0.39, 0.29) is 5.92 Å². The molecule has 0 aliphatic rings. The summed E-state index contributed by atoms with van der Waals surface area (Å²) in [7, 11) is 0. The lowest BCUT2D eigenvalue weighted by Gasteiger charge is -2.27. The van der Waals surface area contributed by atoms with E-state index in [1.165, 1.54) is 6.92 Å². The van der Waals surface area contributed by atoms with Gasteiger partial charge in [-0.05, 0) is 18.9 Å². The van der Waals surface area contributed by atoms with Crippen LogP contribution in [0.15, 0.2) is 23.1 Å². The molecule has 0 radical (unpaired) electrons. The van der Waals surface area contributed by atoms with Crippen molar-refractivity contribution in [2.45, 2.75) is 39.0 Å². The van der Waals surface area contributed by atoms with Crippen LogP contribution >= 0.6 is 0 Å². The van der Waals surface area contributed by atoms with E-state index in [1.54, 1.807) is 13.8 Å². The molecule has 0 aromatic carbocycles. The van der Waals surface area contributed by atoms with Gasteiger partial charge in [0.05, 0.1) is 11.6 Å². The molecule has 1 aromatic rings. The van der Waals surface area contributed by atoms with Gasteiger partial charge in [-0.25, -0.2) is 0 Å². The molecule has 0 bridgehead atoms. The van der Waals surface area contributed by atoms with Gasteiger partial charge in [-0.3, -0.25) is 9.59 Å². The minimum atomic E-state index is -4.61. The van der Waals surface area contributed by atoms with Crippen LogP contribution in [0, 0.1) is 17.2 Å². The number of carbonyl (C=O) groups excluding carboxylic acids is 1. The first kappa shape index (κ1) is 17.8. The maximum Gasteiger partial charge on any atom is 0.417 e. The molecule has 1 atom stereocenters. The van der Waals surface area contributed by atoms with Crippen molar-refractivity contribution in [1.29, 1.82) is 5.26 Å². The first-order valence-electron chi connectivity index (χ1n) is 6.49. The van der Waals surface area contributed by atoms with Crippen molar-refractivity contribution in [1.82, 2.24) is 9.88 Å². The number of nitrogens with one attached hydrogen (secondary N) is 1. The van der Waals surface area contributed by atoms with Gasteiger partial charge >= 0.3 is 6.18 Å². The number of nitrogens with zero attached hydrogens (tertiary/aromatic N) is 2. The molecule has 1 aromatic heterocycles. The van der Waals surface area contributed by atoms with Crippen molar-refractivity contribution in [2.24, 2.45) is 5.92 Å². The second-order valence-electron chi connectivity index (χ2n) is 5.40. The van der Waals surface area contributed by atoms with Gasteiger partial charge in [0.2, 0.25) is 5.91 Å². The lowest BCUT2D eigenvalue weighted by molar-refractivity contribution is -0.138. The number of hydrogen-bond acceptors (Lipinski definition) is 3. The number of amides is 1. The molecule has 8 heteroatoms. The summed E-state index contributed by atoms with van der Waals surface area (Å²) in [4.78, 5) is 23.5. The van der Waals surface area contributed by atoms with E-state index in [0.717, 1.165) is 6.07 Å². The highest BCUT2D eigenvalue weighted by atomic mass is 19.4. The number of aromatic nitrogens is 1. The number of hydrogen-bond donors (Lipinski definition) is 1. The van der Waals surface area contributed by atoms with Crippen LogP contribution in [-0.2, 0) is 17.5 Å². The number of pyridine rings is 1. The van der Waals surface area contributed by atoms with Crippen LogP contribution in [0.1, 0.15) is 26.3 Å². The first-order chi connectivity index (χ1) is 9.99. The Morgan fingerprint density at radius 1 is 1.41 bits per heavy atom. The molecule has 0 unspecified atom stereocenters. The van der Waals surface area contributed by atoms with Crippen LogP contribution in [-0.4, -0.2) is 16.0 Å². The van der Waals surface area contributed by atoms with E-state index in [0.29, 0.717) is 16.8 Å². The summed E-state index contributed by atoms with van der Waals surface area (Å²) < 4.78 is 38.5. The SMILES string of the molecule is CC(C)[C@@](C)(C#N)NC(=O)Cn1cc(C(F)(F)F)ccc1=O. The van der Waals surface area contributed by atoms with Gasteiger partial charge in [-0.1, -0.05) is 13.8 Å². The third-order valence-electron chi connectivity index (χ3n) is 3.41. The molecule has 0 spiro atoms. The quantitative estimate of drug-likeness (QED) is 0.922. The predicted octanol–water partition coefficient (Wildman–Crippen LogP) is 1.92. The predicted molar refractivity (Wildman–Crippen MR) is 72.7 cm³/mol. The summed E-state index contributed by atoms with van der Waals surface area (Å²) >= 11 is 0. The summed E-state index contributed by atoms with van der Waals surface area (Å²) in [5.41, 5.74) is -2.92. The van der Waals surface area contributed by atoms with Gasteiger partial charge in [-0.2, -0.15) is 18.4 Å². The summed E-state index contributed by atoms with van der Waals surface area (Å²) in [5, 5.41) is 11.5. The first-order valence-corrected chi connectivity index (χ1v) is 6.49. The Morgan fingerprint density at radius 3 is 2.45 bits per heavy atom. The third kappa shape index (κ3) is 4.10. The van der Waals surface area contributed by atoms with Gasteiger partial charge in [0, 0.05) is 12.3 Å². The fourth-order valence-corrected chi connectivity index (χ4v) is 1.61. The molecular weight excluding hydrogens is 299 g/mol. The monoisotopic (exact) mass is 315 g/mol. The maximum atomic E-state index is 12.6. The molecule has 120 valence electrons. The van der Waals surface area contributed by atoms with Crippen LogP contribution in [0.4, 0.5) is 13.2 Å². The summed E-state index contributed by atoms with van der Waals surface area (Å²) in [6.07, 6.45) is -4.02. The van der Waals surface area contributed by atoms with Gasteiger partial charge in [0.25, 0.3) is 5.56 Å². The average Bonchev–Trinajstić information content (AvgIpc) is 2.39. The maximum absolute atomic E-state index is 12.6. The molecule has 5 nitrogen and oxygen atoms in total. The van der Waals surface area contributed by atoms with Crippen molar-refractivity contribution in [3.8, 4) is 6.07 Å². The zero-order valence-corrected chi connectivity index (χ0v) is 12.4. The Morgan fingerprint density at radius 2 is 2.00 bits per heavy atom. The molecule has 1 N–H and O–H groups in total. The van der Waals surface area contributed by atoms with Crippen LogP contribution in [0.3, 0.4) is 0 Å². The Labute approximate surface area is 125 Å². The highest BCUT2D eigenvalue weighted by Crippen LogP contribution is 2.28. The second kappa shape index (κ2) is 6.22. The van der Waals surface area contributed by atoms with Crippen LogP contribution in [0.25, 0.3) is 0 Å². The molecule has 1 amide bonds. The zero-order chi connectivity index (χ0) is 17.1. The number of halogens is 3. The lowest BCUT2D eigenvalue weighted by Crippen LogP contribution is -2.50. The molecule has 0 saturated heterocycles. The molecule has 0 saturated carbocycles. The van der Waals surface area contributed by atoms with Crippen LogP contribution in [0.5, 0.6) is 0 Å². The second-order valence-corrected chi connectivity index (χ2v) is 5.40. The lowest BCUT2D eigenvalue weighted by atomic mass is 9.90. The Kier molecular flexibility index (Phi) is 5.02. The number of carbonyl (C=O) groups is 1. The minimum absolute atomic E-state index is 0.209. The molecule has 1 heterocycles. The number of alkyl halides is 3. The van der Waals surface area contributed by atoms with Crippen molar-refractivity contribution >= 4 is 5.91 Å². The minimum Gasteiger partial charge on any atom is -0.336 e. The van der Waals surface area contributed by atoms with Crippen molar-refractivity contribution < 1.29 is 18.0 Å². The van der Waals surface area contributed by atoms with Gasteiger partial charge in [0.1, 0.15) is 12.1 Å².